The Morgan fingerprint density at radius 3 is 2.70 bits per heavy atom. The van der Waals surface area contributed by atoms with Crippen molar-refractivity contribution in [3.63, 3.8) is 0 Å². The molecule has 0 unspecified atom stereocenters. The first kappa shape index (κ1) is 22.5. The number of carbonyl (C=O) groups is 1. The van der Waals surface area contributed by atoms with Crippen molar-refractivity contribution in [2.45, 2.75) is 45.4 Å². The van der Waals surface area contributed by atoms with Crippen molar-refractivity contribution in [1.82, 2.24) is 0 Å². The summed E-state index contributed by atoms with van der Waals surface area (Å²) in [6.45, 7) is 3.75. The van der Waals surface area contributed by atoms with Crippen LogP contribution in [0.25, 0.3) is 0 Å². The molecule has 0 amide bonds. The van der Waals surface area contributed by atoms with Crippen molar-refractivity contribution in [3.8, 4) is 11.8 Å². The lowest BCUT2D eigenvalue weighted by molar-refractivity contribution is -0.137. The maximum Gasteiger partial charge on any atom is 0.416 e. The number of nitrogens with two attached hydrogens (primary N) is 1. The second-order valence-corrected chi connectivity index (χ2v) is 8.82. The number of benzene rings is 1. The monoisotopic (exact) mass is 458 g/mol. The zero-order valence-electron chi connectivity index (χ0n) is 18.0. The van der Waals surface area contributed by atoms with Crippen molar-refractivity contribution in [2.75, 3.05) is 0 Å². The van der Waals surface area contributed by atoms with E-state index in [-0.39, 0.29) is 41.4 Å². The molecule has 9 heteroatoms. The van der Waals surface area contributed by atoms with E-state index >= 15 is 0 Å². The Morgan fingerprint density at radius 2 is 2.00 bits per heavy atom. The average molecular weight is 458 g/mol. The highest BCUT2D eigenvalue weighted by Crippen LogP contribution is 2.48. The summed E-state index contributed by atoms with van der Waals surface area (Å²) in [5.74, 6) is 0.0389. The van der Waals surface area contributed by atoms with Crippen LogP contribution in [0.15, 0.2) is 63.6 Å². The maximum atomic E-state index is 13.0. The summed E-state index contributed by atoms with van der Waals surface area (Å²) in [5, 5.41) is 9.66. The number of ether oxygens (including phenoxy) is 2. The molecular weight excluding hydrogens is 437 g/mol. The summed E-state index contributed by atoms with van der Waals surface area (Å²) in [4.78, 5) is 13.0. The predicted molar refractivity (Wildman–Crippen MR) is 110 cm³/mol. The number of carbonyl (C=O) groups excluding carboxylic acids is 1. The Balaban J connectivity index is 1.60. The van der Waals surface area contributed by atoms with Crippen molar-refractivity contribution in [2.24, 2.45) is 11.1 Å². The van der Waals surface area contributed by atoms with Gasteiger partial charge in [0.1, 0.15) is 41.3 Å². The molecular formula is C24H21F3N2O4. The first-order valence-electron chi connectivity index (χ1n) is 10.2. The van der Waals surface area contributed by atoms with E-state index in [9.17, 15) is 23.2 Å². The lowest BCUT2D eigenvalue weighted by atomic mass is 9.71. The summed E-state index contributed by atoms with van der Waals surface area (Å²) < 4.78 is 55.6. The van der Waals surface area contributed by atoms with Gasteiger partial charge in [-0.15, -0.1) is 0 Å². The van der Waals surface area contributed by atoms with Gasteiger partial charge in [-0.25, -0.2) is 0 Å². The van der Waals surface area contributed by atoms with Gasteiger partial charge in [-0.1, -0.05) is 19.9 Å². The normalized spacial score (nSPS) is 20.2. The van der Waals surface area contributed by atoms with E-state index in [4.69, 9.17) is 19.6 Å². The Bertz CT molecular complexity index is 1210. The molecule has 1 atom stereocenters. The number of nitriles is 1. The van der Waals surface area contributed by atoms with Gasteiger partial charge in [-0.2, -0.15) is 18.4 Å². The minimum atomic E-state index is -4.48. The van der Waals surface area contributed by atoms with Gasteiger partial charge in [0.15, 0.2) is 5.78 Å². The molecule has 33 heavy (non-hydrogen) atoms. The van der Waals surface area contributed by atoms with Gasteiger partial charge in [-0.05, 0) is 35.7 Å². The molecule has 0 saturated heterocycles. The number of Topliss-reactive ketones (excluding diaryl/α,β-unsaturated/α-hetero) is 1. The summed E-state index contributed by atoms with van der Waals surface area (Å²) in [6.07, 6.45) is -3.71. The lowest BCUT2D eigenvalue weighted by Gasteiger charge is -2.36. The predicted octanol–water partition coefficient (Wildman–Crippen LogP) is 5.33. The molecule has 2 aliphatic rings. The number of ketones is 1. The molecule has 0 saturated carbocycles. The molecule has 2 heterocycles. The Labute approximate surface area is 188 Å². The minimum absolute atomic E-state index is 0.0328. The van der Waals surface area contributed by atoms with Gasteiger partial charge in [0.05, 0.1) is 11.5 Å². The standard InChI is InChI=1S/C24H21F3N2O4/c1-23(2)9-17(30)21-19(10-23)33-22(29)16(11-28)20(21)18-7-6-15(32-18)12-31-14-5-3-4-13(8-14)24(25,26)27/h3-8,20H,9-10,12,29H2,1-2H3/t20-/m1/s1. The molecule has 0 fully saturated rings. The van der Waals surface area contributed by atoms with Gasteiger partial charge in [0.2, 0.25) is 5.88 Å². The quantitative estimate of drug-likeness (QED) is 0.665. The second-order valence-electron chi connectivity index (χ2n) is 8.82. The second kappa shape index (κ2) is 8.03. The number of allylic oxidation sites excluding steroid dienone is 3. The molecule has 0 spiro atoms. The Kier molecular flexibility index (Phi) is 5.48. The summed E-state index contributed by atoms with van der Waals surface area (Å²) in [6, 6.07) is 9.72. The first-order chi connectivity index (χ1) is 15.5. The maximum absolute atomic E-state index is 13.0. The summed E-state index contributed by atoms with van der Waals surface area (Å²) in [7, 11) is 0. The van der Waals surface area contributed by atoms with Gasteiger partial charge in [0, 0.05) is 18.4 Å². The fourth-order valence-corrected chi connectivity index (χ4v) is 4.11. The van der Waals surface area contributed by atoms with Crippen LogP contribution in [0.4, 0.5) is 13.2 Å². The molecule has 1 aromatic carbocycles. The van der Waals surface area contributed by atoms with Crippen LogP contribution in [0.1, 0.15) is 49.7 Å². The summed E-state index contributed by atoms with van der Waals surface area (Å²) >= 11 is 0. The average Bonchev–Trinajstić information content (AvgIpc) is 3.18. The van der Waals surface area contributed by atoms with E-state index in [1.54, 1.807) is 12.1 Å². The fraction of sp³-hybridized carbons (Fsp3) is 0.333. The molecule has 2 aromatic rings. The van der Waals surface area contributed by atoms with Crippen molar-refractivity contribution < 1.29 is 31.9 Å². The minimum Gasteiger partial charge on any atom is -0.486 e. The van der Waals surface area contributed by atoms with Crippen LogP contribution in [0.3, 0.4) is 0 Å². The third-order valence-corrected chi connectivity index (χ3v) is 5.58. The zero-order chi connectivity index (χ0) is 24.0. The van der Waals surface area contributed by atoms with Crippen LogP contribution in [0, 0.1) is 16.7 Å². The van der Waals surface area contributed by atoms with Gasteiger partial charge in [0.25, 0.3) is 0 Å². The highest BCUT2D eigenvalue weighted by atomic mass is 19.4. The van der Waals surface area contributed by atoms with Crippen LogP contribution in [-0.2, 0) is 22.3 Å². The SMILES string of the molecule is CC1(C)CC(=O)C2=C(C1)OC(N)=C(C#N)[C@@H]2c1ccc(COc2cccc(C(F)(F)F)c2)o1. The lowest BCUT2D eigenvalue weighted by Crippen LogP contribution is -2.33. The molecule has 6 nitrogen and oxygen atoms in total. The van der Waals surface area contributed by atoms with E-state index in [0.29, 0.717) is 29.3 Å². The Morgan fingerprint density at radius 1 is 1.24 bits per heavy atom. The molecule has 172 valence electrons. The molecule has 4 rings (SSSR count). The molecule has 0 radical (unpaired) electrons. The van der Waals surface area contributed by atoms with Crippen LogP contribution >= 0.6 is 0 Å². The zero-order valence-corrected chi connectivity index (χ0v) is 18.0. The third-order valence-electron chi connectivity index (χ3n) is 5.58. The van der Waals surface area contributed by atoms with Gasteiger partial charge < -0.3 is 19.6 Å². The van der Waals surface area contributed by atoms with E-state index in [2.05, 4.69) is 0 Å². The highest BCUT2D eigenvalue weighted by molar-refractivity contribution is 5.99. The third kappa shape index (κ3) is 4.46. The van der Waals surface area contributed by atoms with Gasteiger partial charge >= 0.3 is 6.18 Å². The topological polar surface area (TPSA) is 98.5 Å². The number of nitrogens with zero attached hydrogens (tertiary/aromatic N) is 1. The summed E-state index contributed by atoms with van der Waals surface area (Å²) in [5.41, 5.74) is 5.27. The number of furan rings is 1. The van der Waals surface area contributed by atoms with E-state index in [0.717, 1.165) is 12.1 Å². The van der Waals surface area contributed by atoms with Crippen molar-refractivity contribution in [3.05, 3.63) is 76.3 Å². The molecule has 2 N–H and O–H groups in total. The van der Waals surface area contributed by atoms with E-state index in [1.165, 1.54) is 12.1 Å². The number of alkyl halides is 3. The number of hydrogen-bond acceptors (Lipinski definition) is 6. The van der Waals surface area contributed by atoms with Crippen molar-refractivity contribution in [1.29, 1.82) is 5.26 Å². The number of rotatable bonds is 4. The number of halogens is 3. The van der Waals surface area contributed by atoms with Crippen LogP contribution < -0.4 is 10.5 Å². The highest BCUT2D eigenvalue weighted by Gasteiger charge is 2.44. The first-order valence-corrected chi connectivity index (χ1v) is 10.2. The van der Waals surface area contributed by atoms with E-state index < -0.39 is 17.7 Å². The van der Waals surface area contributed by atoms with Crippen molar-refractivity contribution >= 4 is 5.78 Å². The molecule has 0 bridgehead atoms. The van der Waals surface area contributed by atoms with Gasteiger partial charge in [-0.3, -0.25) is 4.79 Å². The Hall–Kier alpha value is -3.67. The fourth-order valence-electron chi connectivity index (χ4n) is 4.11. The molecule has 1 aliphatic heterocycles. The smallest absolute Gasteiger partial charge is 0.416 e. The molecule has 1 aromatic heterocycles. The van der Waals surface area contributed by atoms with E-state index in [1.807, 2.05) is 19.9 Å². The van der Waals surface area contributed by atoms with Crippen LogP contribution in [0.5, 0.6) is 5.75 Å². The van der Waals surface area contributed by atoms with Crippen LogP contribution in [0.2, 0.25) is 0 Å². The molecule has 1 aliphatic carbocycles. The number of hydrogen-bond donors (Lipinski definition) is 1. The van der Waals surface area contributed by atoms with Crippen LogP contribution in [-0.4, -0.2) is 5.78 Å². The largest absolute Gasteiger partial charge is 0.486 e.